The zero-order valence-corrected chi connectivity index (χ0v) is 12.6. The summed E-state index contributed by atoms with van der Waals surface area (Å²) in [7, 11) is 1.87. The quantitative estimate of drug-likeness (QED) is 0.604. The van der Waals surface area contributed by atoms with Gasteiger partial charge in [-0.05, 0) is 39.2 Å². The van der Waals surface area contributed by atoms with Crippen LogP contribution in [0.4, 0.5) is 0 Å². The zero-order chi connectivity index (χ0) is 13.5. The minimum Gasteiger partial charge on any atom is -0.355 e. The SMILES string of the molecule is CN=C(NCCN1CCCCC1C)NC1CCCC1. The summed E-state index contributed by atoms with van der Waals surface area (Å²) < 4.78 is 0. The van der Waals surface area contributed by atoms with E-state index in [2.05, 4.69) is 27.4 Å². The molecule has 2 fully saturated rings. The Bertz CT molecular complexity index is 284. The molecule has 0 aromatic rings. The van der Waals surface area contributed by atoms with Gasteiger partial charge in [-0.15, -0.1) is 0 Å². The van der Waals surface area contributed by atoms with E-state index in [0.29, 0.717) is 6.04 Å². The van der Waals surface area contributed by atoms with Crippen molar-refractivity contribution in [1.29, 1.82) is 0 Å². The molecule has 1 heterocycles. The highest BCUT2D eigenvalue weighted by atomic mass is 15.2. The molecule has 1 saturated heterocycles. The fourth-order valence-corrected chi connectivity index (χ4v) is 3.27. The first-order chi connectivity index (χ1) is 9.29. The van der Waals surface area contributed by atoms with Gasteiger partial charge in [0.2, 0.25) is 0 Å². The molecule has 19 heavy (non-hydrogen) atoms. The maximum atomic E-state index is 4.33. The number of aliphatic imine (C=N–C) groups is 1. The minimum atomic E-state index is 0.639. The van der Waals surface area contributed by atoms with Crippen LogP contribution >= 0.6 is 0 Å². The molecule has 0 bridgehead atoms. The number of rotatable bonds is 4. The molecule has 1 saturated carbocycles. The van der Waals surface area contributed by atoms with E-state index in [4.69, 9.17) is 0 Å². The molecule has 1 aliphatic carbocycles. The molecule has 1 aliphatic heterocycles. The topological polar surface area (TPSA) is 39.7 Å². The van der Waals surface area contributed by atoms with Gasteiger partial charge in [-0.1, -0.05) is 19.3 Å². The summed E-state index contributed by atoms with van der Waals surface area (Å²) in [6.45, 7) is 5.74. The van der Waals surface area contributed by atoms with Crippen molar-refractivity contribution in [3.63, 3.8) is 0 Å². The fraction of sp³-hybridized carbons (Fsp3) is 0.933. The second kappa shape index (κ2) is 7.73. The van der Waals surface area contributed by atoms with Crippen molar-refractivity contribution in [3.8, 4) is 0 Å². The van der Waals surface area contributed by atoms with Gasteiger partial charge >= 0.3 is 0 Å². The van der Waals surface area contributed by atoms with Crippen LogP contribution in [0, 0.1) is 0 Å². The normalized spacial score (nSPS) is 26.6. The van der Waals surface area contributed by atoms with E-state index in [1.165, 1.54) is 51.5 Å². The predicted octanol–water partition coefficient (Wildman–Crippen LogP) is 1.97. The van der Waals surface area contributed by atoms with E-state index in [1.807, 2.05) is 7.05 Å². The van der Waals surface area contributed by atoms with Gasteiger partial charge in [0, 0.05) is 32.2 Å². The predicted molar refractivity (Wildman–Crippen MR) is 81.6 cm³/mol. The number of piperidine rings is 1. The standard InChI is InChI=1S/C15H30N4/c1-13-7-5-6-11-19(13)12-10-17-15(16-2)18-14-8-3-4-9-14/h13-14H,3-12H2,1-2H3,(H2,16,17,18). The largest absolute Gasteiger partial charge is 0.355 e. The Hall–Kier alpha value is -0.770. The third-order valence-corrected chi connectivity index (χ3v) is 4.55. The molecule has 2 rings (SSSR count). The van der Waals surface area contributed by atoms with Gasteiger partial charge in [-0.3, -0.25) is 9.89 Å². The molecule has 0 amide bonds. The molecule has 0 aromatic heterocycles. The molecule has 1 atom stereocenters. The first-order valence-corrected chi connectivity index (χ1v) is 8.01. The lowest BCUT2D eigenvalue weighted by Crippen LogP contribution is -2.47. The minimum absolute atomic E-state index is 0.639. The summed E-state index contributed by atoms with van der Waals surface area (Å²) in [4.78, 5) is 6.93. The van der Waals surface area contributed by atoms with Crippen LogP contribution in [0.1, 0.15) is 51.9 Å². The number of likely N-dealkylation sites (tertiary alicyclic amines) is 1. The second-order valence-electron chi connectivity index (χ2n) is 6.01. The van der Waals surface area contributed by atoms with E-state index in [1.54, 1.807) is 0 Å². The van der Waals surface area contributed by atoms with Gasteiger partial charge in [0.1, 0.15) is 0 Å². The molecule has 0 aromatic carbocycles. The summed E-state index contributed by atoms with van der Waals surface area (Å²) in [6, 6.07) is 1.39. The molecule has 4 heteroatoms. The van der Waals surface area contributed by atoms with Crippen LogP contribution in [-0.4, -0.2) is 49.6 Å². The van der Waals surface area contributed by atoms with E-state index < -0.39 is 0 Å². The smallest absolute Gasteiger partial charge is 0.191 e. The number of guanidine groups is 1. The Morgan fingerprint density at radius 1 is 1.16 bits per heavy atom. The van der Waals surface area contributed by atoms with Crippen LogP contribution in [0.15, 0.2) is 4.99 Å². The summed E-state index contributed by atoms with van der Waals surface area (Å²) in [5, 5.41) is 7.00. The molecule has 0 spiro atoms. The summed E-state index contributed by atoms with van der Waals surface area (Å²) in [5.41, 5.74) is 0. The molecule has 1 unspecified atom stereocenters. The van der Waals surface area contributed by atoms with Crippen LogP contribution in [-0.2, 0) is 0 Å². The summed E-state index contributed by atoms with van der Waals surface area (Å²) in [5.74, 6) is 0.983. The first-order valence-electron chi connectivity index (χ1n) is 8.01. The lowest BCUT2D eigenvalue weighted by atomic mass is 10.0. The average Bonchev–Trinajstić information content (AvgIpc) is 2.92. The molecular formula is C15H30N4. The molecular weight excluding hydrogens is 236 g/mol. The zero-order valence-electron chi connectivity index (χ0n) is 12.6. The molecule has 110 valence electrons. The van der Waals surface area contributed by atoms with Crippen molar-refractivity contribution in [2.45, 2.75) is 64.0 Å². The van der Waals surface area contributed by atoms with Crippen LogP contribution in [0.3, 0.4) is 0 Å². The Morgan fingerprint density at radius 2 is 1.89 bits per heavy atom. The van der Waals surface area contributed by atoms with E-state index >= 15 is 0 Å². The second-order valence-corrected chi connectivity index (χ2v) is 6.01. The maximum Gasteiger partial charge on any atom is 0.191 e. The van der Waals surface area contributed by atoms with Crippen LogP contribution < -0.4 is 10.6 Å². The monoisotopic (exact) mass is 266 g/mol. The van der Waals surface area contributed by atoms with Crippen molar-refractivity contribution in [3.05, 3.63) is 0 Å². The molecule has 2 aliphatic rings. The van der Waals surface area contributed by atoms with E-state index in [0.717, 1.165) is 25.1 Å². The van der Waals surface area contributed by atoms with Crippen LogP contribution in [0.5, 0.6) is 0 Å². The highest BCUT2D eigenvalue weighted by Crippen LogP contribution is 2.17. The maximum absolute atomic E-state index is 4.33. The Morgan fingerprint density at radius 3 is 2.58 bits per heavy atom. The third kappa shape index (κ3) is 4.68. The highest BCUT2D eigenvalue weighted by Gasteiger charge is 2.18. The van der Waals surface area contributed by atoms with Gasteiger partial charge in [-0.2, -0.15) is 0 Å². The number of hydrogen-bond donors (Lipinski definition) is 2. The molecule has 0 radical (unpaired) electrons. The van der Waals surface area contributed by atoms with Crippen molar-refractivity contribution >= 4 is 5.96 Å². The van der Waals surface area contributed by atoms with Gasteiger partial charge in [-0.25, -0.2) is 0 Å². The average molecular weight is 266 g/mol. The van der Waals surface area contributed by atoms with Crippen molar-refractivity contribution in [2.24, 2.45) is 4.99 Å². The number of nitrogens with one attached hydrogen (secondary N) is 2. The number of nitrogens with zero attached hydrogens (tertiary/aromatic N) is 2. The summed E-state index contributed by atoms with van der Waals surface area (Å²) >= 11 is 0. The van der Waals surface area contributed by atoms with E-state index in [-0.39, 0.29) is 0 Å². The van der Waals surface area contributed by atoms with Crippen molar-refractivity contribution in [2.75, 3.05) is 26.7 Å². The molecule has 4 nitrogen and oxygen atoms in total. The lowest BCUT2D eigenvalue weighted by Gasteiger charge is -2.33. The van der Waals surface area contributed by atoms with Crippen molar-refractivity contribution < 1.29 is 0 Å². The Kier molecular flexibility index (Phi) is 5.95. The highest BCUT2D eigenvalue weighted by molar-refractivity contribution is 5.79. The summed E-state index contributed by atoms with van der Waals surface area (Å²) in [6.07, 6.45) is 9.43. The third-order valence-electron chi connectivity index (χ3n) is 4.55. The van der Waals surface area contributed by atoms with E-state index in [9.17, 15) is 0 Å². The first kappa shape index (κ1) is 14.6. The van der Waals surface area contributed by atoms with Gasteiger partial charge in [0.05, 0.1) is 0 Å². The Labute approximate surface area is 118 Å². The van der Waals surface area contributed by atoms with Crippen LogP contribution in [0.2, 0.25) is 0 Å². The fourth-order valence-electron chi connectivity index (χ4n) is 3.27. The Balaban J connectivity index is 1.65. The number of hydrogen-bond acceptors (Lipinski definition) is 2. The van der Waals surface area contributed by atoms with Gasteiger partial charge in [0.25, 0.3) is 0 Å². The molecule has 2 N–H and O–H groups in total. The van der Waals surface area contributed by atoms with Gasteiger partial charge < -0.3 is 10.6 Å². The van der Waals surface area contributed by atoms with Crippen molar-refractivity contribution in [1.82, 2.24) is 15.5 Å². The van der Waals surface area contributed by atoms with Crippen LogP contribution in [0.25, 0.3) is 0 Å². The lowest BCUT2D eigenvalue weighted by molar-refractivity contribution is 0.163. The van der Waals surface area contributed by atoms with Gasteiger partial charge in [0.15, 0.2) is 5.96 Å².